The highest BCUT2D eigenvalue weighted by Gasteiger charge is 2.27. The first-order chi connectivity index (χ1) is 10.6. The summed E-state index contributed by atoms with van der Waals surface area (Å²) in [6.07, 6.45) is 0. The number of carbonyl (C=O) groups excluding carboxylic acids is 1. The standard InChI is InChI=1S/C16H18N4O2/c1-10(2)9-18-15-14(11(8-17)16(21)22-3)19-12-6-4-5-7-13(12)20-15/h4-7,10-11H,9H2,1-3H3,(H,18,20). The molecule has 1 aromatic heterocycles. The summed E-state index contributed by atoms with van der Waals surface area (Å²) in [4.78, 5) is 20.8. The summed E-state index contributed by atoms with van der Waals surface area (Å²) in [7, 11) is 1.25. The molecule has 0 fully saturated rings. The lowest BCUT2D eigenvalue weighted by Crippen LogP contribution is -2.19. The summed E-state index contributed by atoms with van der Waals surface area (Å²) < 4.78 is 4.69. The summed E-state index contributed by atoms with van der Waals surface area (Å²) >= 11 is 0. The summed E-state index contributed by atoms with van der Waals surface area (Å²) in [5.74, 6) is -0.902. The van der Waals surface area contributed by atoms with Crippen molar-refractivity contribution in [3.8, 4) is 6.07 Å². The Bertz CT molecular complexity index is 722. The number of anilines is 1. The van der Waals surface area contributed by atoms with Crippen LogP contribution in [0.5, 0.6) is 0 Å². The van der Waals surface area contributed by atoms with Crippen LogP contribution >= 0.6 is 0 Å². The van der Waals surface area contributed by atoms with Crippen molar-refractivity contribution in [3.63, 3.8) is 0 Å². The number of nitrogens with one attached hydrogen (secondary N) is 1. The second-order valence-electron chi connectivity index (χ2n) is 5.31. The van der Waals surface area contributed by atoms with Crippen LogP contribution in [0.15, 0.2) is 24.3 Å². The van der Waals surface area contributed by atoms with Crippen molar-refractivity contribution < 1.29 is 9.53 Å². The maximum Gasteiger partial charge on any atom is 0.329 e. The molecule has 1 atom stereocenters. The predicted molar refractivity (Wildman–Crippen MR) is 83.2 cm³/mol. The smallest absolute Gasteiger partial charge is 0.329 e. The summed E-state index contributed by atoms with van der Waals surface area (Å²) in [5, 5.41) is 12.5. The Morgan fingerprint density at radius 2 is 1.95 bits per heavy atom. The zero-order chi connectivity index (χ0) is 16.1. The fourth-order valence-electron chi connectivity index (χ4n) is 1.99. The van der Waals surface area contributed by atoms with E-state index in [1.165, 1.54) is 7.11 Å². The Morgan fingerprint density at radius 3 is 2.50 bits per heavy atom. The first-order valence-corrected chi connectivity index (χ1v) is 7.04. The number of carbonyl (C=O) groups is 1. The average Bonchev–Trinajstić information content (AvgIpc) is 2.53. The minimum Gasteiger partial charge on any atom is -0.468 e. The highest BCUT2D eigenvalue weighted by Crippen LogP contribution is 2.25. The van der Waals surface area contributed by atoms with Gasteiger partial charge in [-0.3, -0.25) is 4.79 Å². The summed E-state index contributed by atoms with van der Waals surface area (Å²) in [6, 6.07) is 9.28. The molecule has 2 aromatic rings. The Morgan fingerprint density at radius 1 is 1.32 bits per heavy atom. The van der Waals surface area contributed by atoms with Crippen molar-refractivity contribution in [2.24, 2.45) is 5.92 Å². The topological polar surface area (TPSA) is 87.9 Å². The van der Waals surface area contributed by atoms with Crippen molar-refractivity contribution >= 4 is 22.8 Å². The number of rotatable bonds is 5. The van der Waals surface area contributed by atoms with Gasteiger partial charge in [0.05, 0.1) is 24.2 Å². The Labute approximate surface area is 129 Å². The van der Waals surface area contributed by atoms with E-state index in [9.17, 15) is 10.1 Å². The van der Waals surface area contributed by atoms with Crippen LogP contribution in [0.2, 0.25) is 0 Å². The number of benzene rings is 1. The van der Waals surface area contributed by atoms with Crippen LogP contribution in [-0.4, -0.2) is 29.6 Å². The number of para-hydroxylation sites is 2. The van der Waals surface area contributed by atoms with Gasteiger partial charge in [0.15, 0.2) is 11.7 Å². The second-order valence-corrected chi connectivity index (χ2v) is 5.31. The lowest BCUT2D eigenvalue weighted by Gasteiger charge is -2.15. The van der Waals surface area contributed by atoms with Crippen molar-refractivity contribution in [1.82, 2.24) is 9.97 Å². The Balaban J connectivity index is 2.54. The molecule has 22 heavy (non-hydrogen) atoms. The molecular weight excluding hydrogens is 280 g/mol. The lowest BCUT2D eigenvalue weighted by atomic mass is 10.1. The van der Waals surface area contributed by atoms with E-state index in [2.05, 4.69) is 29.1 Å². The van der Waals surface area contributed by atoms with Gasteiger partial charge in [0, 0.05) is 6.54 Å². The van der Waals surface area contributed by atoms with E-state index in [0.29, 0.717) is 35.0 Å². The fraction of sp³-hybridized carbons (Fsp3) is 0.375. The summed E-state index contributed by atoms with van der Waals surface area (Å²) in [5.41, 5.74) is 1.64. The van der Waals surface area contributed by atoms with Gasteiger partial charge < -0.3 is 10.1 Å². The van der Waals surface area contributed by atoms with E-state index in [1.807, 2.05) is 24.3 Å². The van der Waals surface area contributed by atoms with Crippen molar-refractivity contribution in [2.75, 3.05) is 19.0 Å². The number of hydrogen-bond acceptors (Lipinski definition) is 6. The van der Waals surface area contributed by atoms with Crippen molar-refractivity contribution in [3.05, 3.63) is 30.0 Å². The van der Waals surface area contributed by atoms with Crippen LogP contribution in [0.3, 0.4) is 0 Å². The third kappa shape index (κ3) is 3.31. The molecule has 114 valence electrons. The minimum absolute atomic E-state index is 0.300. The van der Waals surface area contributed by atoms with E-state index >= 15 is 0 Å². The second kappa shape index (κ2) is 6.85. The summed E-state index contributed by atoms with van der Waals surface area (Å²) in [6.45, 7) is 4.78. The fourth-order valence-corrected chi connectivity index (χ4v) is 1.99. The van der Waals surface area contributed by atoms with Gasteiger partial charge in [-0.1, -0.05) is 26.0 Å². The van der Waals surface area contributed by atoms with Gasteiger partial charge in [-0.15, -0.1) is 0 Å². The monoisotopic (exact) mass is 298 g/mol. The Kier molecular flexibility index (Phi) is 4.89. The van der Waals surface area contributed by atoms with Crippen LogP contribution < -0.4 is 5.32 Å². The number of aromatic nitrogens is 2. The van der Waals surface area contributed by atoms with E-state index in [-0.39, 0.29) is 0 Å². The number of ether oxygens (including phenoxy) is 1. The highest BCUT2D eigenvalue weighted by atomic mass is 16.5. The molecule has 0 aliphatic carbocycles. The average molecular weight is 298 g/mol. The first-order valence-electron chi connectivity index (χ1n) is 7.04. The largest absolute Gasteiger partial charge is 0.468 e. The number of fused-ring (bicyclic) bond motifs is 1. The normalized spacial score (nSPS) is 12.0. The van der Waals surface area contributed by atoms with Crippen LogP contribution in [0.4, 0.5) is 5.82 Å². The molecule has 0 aliphatic heterocycles. The number of methoxy groups -OCH3 is 1. The number of nitrogens with zero attached hydrogens (tertiary/aromatic N) is 3. The molecule has 6 heteroatoms. The van der Waals surface area contributed by atoms with Crippen LogP contribution in [0.1, 0.15) is 25.5 Å². The molecule has 0 amide bonds. The van der Waals surface area contributed by atoms with Gasteiger partial charge in [0.25, 0.3) is 0 Å². The molecule has 0 aliphatic rings. The SMILES string of the molecule is COC(=O)C(C#N)c1nc2ccccc2nc1NCC(C)C. The lowest BCUT2D eigenvalue weighted by molar-refractivity contribution is -0.141. The van der Waals surface area contributed by atoms with Crippen LogP contribution in [-0.2, 0) is 9.53 Å². The quantitative estimate of drug-likeness (QED) is 0.853. The van der Waals surface area contributed by atoms with E-state index in [0.717, 1.165) is 0 Å². The zero-order valence-electron chi connectivity index (χ0n) is 12.8. The van der Waals surface area contributed by atoms with Gasteiger partial charge in [-0.05, 0) is 18.1 Å². The van der Waals surface area contributed by atoms with Gasteiger partial charge in [0.2, 0.25) is 0 Å². The number of nitriles is 1. The molecule has 0 saturated carbocycles. The van der Waals surface area contributed by atoms with E-state index < -0.39 is 11.9 Å². The molecule has 0 bridgehead atoms. The zero-order valence-corrected chi connectivity index (χ0v) is 12.8. The molecule has 6 nitrogen and oxygen atoms in total. The Hall–Kier alpha value is -2.68. The molecule has 1 heterocycles. The maximum absolute atomic E-state index is 11.8. The van der Waals surface area contributed by atoms with Crippen molar-refractivity contribution in [2.45, 2.75) is 19.8 Å². The molecule has 0 saturated heterocycles. The molecule has 1 unspecified atom stereocenters. The van der Waals surface area contributed by atoms with Crippen LogP contribution in [0, 0.1) is 17.2 Å². The number of hydrogen-bond donors (Lipinski definition) is 1. The number of esters is 1. The third-order valence-electron chi connectivity index (χ3n) is 3.11. The van der Waals surface area contributed by atoms with Gasteiger partial charge in [-0.2, -0.15) is 5.26 Å². The first kappa shape index (κ1) is 15.7. The van der Waals surface area contributed by atoms with E-state index in [4.69, 9.17) is 4.74 Å². The van der Waals surface area contributed by atoms with Crippen LogP contribution in [0.25, 0.3) is 11.0 Å². The molecule has 0 radical (unpaired) electrons. The minimum atomic E-state index is -1.10. The van der Waals surface area contributed by atoms with Crippen molar-refractivity contribution in [1.29, 1.82) is 5.26 Å². The molecule has 2 rings (SSSR count). The third-order valence-corrected chi connectivity index (χ3v) is 3.11. The predicted octanol–water partition coefficient (Wildman–Crippen LogP) is 2.48. The molecule has 1 aromatic carbocycles. The van der Waals surface area contributed by atoms with Gasteiger partial charge in [0.1, 0.15) is 5.69 Å². The van der Waals surface area contributed by atoms with Gasteiger partial charge >= 0.3 is 5.97 Å². The molecular formula is C16H18N4O2. The highest BCUT2D eigenvalue weighted by molar-refractivity contribution is 5.84. The van der Waals surface area contributed by atoms with Gasteiger partial charge in [-0.25, -0.2) is 9.97 Å². The van der Waals surface area contributed by atoms with E-state index in [1.54, 1.807) is 6.07 Å². The maximum atomic E-state index is 11.8. The molecule has 1 N–H and O–H groups in total. The molecule has 0 spiro atoms.